The minimum Gasteiger partial charge on any atom is -0.490 e. The normalized spacial score (nSPS) is 24.3. The van der Waals surface area contributed by atoms with Gasteiger partial charge < -0.3 is 9.84 Å². The zero-order chi connectivity index (χ0) is 12.3. The van der Waals surface area contributed by atoms with E-state index >= 15 is 0 Å². The van der Waals surface area contributed by atoms with E-state index in [1.54, 1.807) is 18.2 Å². The van der Waals surface area contributed by atoms with Gasteiger partial charge in [-0.2, -0.15) is 0 Å². The Balaban J connectivity index is 2.07. The molecule has 3 nitrogen and oxygen atoms in total. The first kappa shape index (κ1) is 12.0. The first-order chi connectivity index (χ1) is 8.16. The van der Waals surface area contributed by atoms with Crippen molar-refractivity contribution >= 4 is 5.97 Å². The Kier molecular flexibility index (Phi) is 3.67. The highest BCUT2D eigenvalue weighted by Gasteiger charge is 2.22. The van der Waals surface area contributed by atoms with Crippen molar-refractivity contribution < 1.29 is 14.6 Å². The molecule has 92 valence electrons. The molecule has 2 unspecified atom stereocenters. The molecule has 1 aliphatic carbocycles. The predicted octanol–water partition coefficient (Wildman–Crippen LogP) is 3.34. The van der Waals surface area contributed by atoms with Gasteiger partial charge >= 0.3 is 5.97 Å². The lowest BCUT2D eigenvalue weighted by atomic mass is 9.88. The molecule has 0 saturated heterocycles. The number of rotatable bonds is 3. The van der Waals surface area contributed by atoms with Crippen LogP contribution >= 0.6 is 0 Å². The van der Waals surface area contributed by atoms with E-state index in [-0.39, 0.29) is 11.7 Å². The fourth-order valence-electron chi connectivity index (χ4n) is 2.33. The smallest absolute Gasteiger partial charge is 0.335 e. The maximum Gasteiger partial charge on any atom is 0.335 e. The average molecular weight is 234 g/mol. The first-order valence-corrected chi connectivity index (χ1v) is 6.17. The molecule has 0 spiro atoms. The second-order valence-electron chi connectivity index (χ2n) is 4.75. The van der Waals surface area contributed by atoms with Gasteiger partial charge in [-0.15, -0.1) is 0 Å². The minimum absolute atomic E-state index is 0.229. The molecule has 1 saturated carbocycles. The van der Waals surface area contributed by atoms with Crippen LogP contribution in [-0.4, -0.2) is 17.2 Å². The van der Waals surface area contributed by atoms with Crippen molar-refractivity contribution in [1.29, 1.82) is 0 Å². The van der Waals surface area contributed by atoms with E-state index < -0.39 is 5.97 Å². The second kappa shape index (κ2) is 5.21. The topological polar surface area (TPSA) is 46.5 Å². The summed E-state index contributed by atoms with van der Waals surface area (Å²) >= 11 is 0. The number of aromatic carboxylic acids is 1. The fourth-order valence-corrected chi connectivity index (χ4v) is 2.33. The monoisotopic (exact) mass is 234 g/mol. The van der Waals surface area contributed by atoms with Gasteiger partial charge in [-0.05, 0) is 43.4 Å². The summed E-state index contributed by atoms with van der Waals surface area (Å²) in [6, 6.07) is 6.74. The van der Waals surface area contributed by atoms with E-state index in [1.165, 1.54) is 19.3 Å². The third-order valence-electron chi connectivity index (χ3n) is 3.40. The standard InChI is InChI=1S/C14H18O3/c1-10-5-2-3-8-13(10)17-12-7-4-6-11(9-12)14(15)16/h4,6-7,9-10,13H,2-3,5,8H2,1H3,(H,15,16). The number of hydrogen-bond donors (Lipinski definition) is 1. The van der Waals surface area contributed by atoms with Crippen molar-refractivity contribution in [3.63, 3.8) is 0 Å². The van der Waals surface area contributed by atoms with Gasteiger partial charge in [-0.1, -0.05) is 19.4 Å². The summed E-state index contributed by atoms with van der Waals surface area (Å²) in [4.78, 5) is 10.9. The van der Waals surface area contributed by atoms with Gasteiger partial charge in [0, 0.05) is 0 Å². The molecule has 0 radical (unpaired) electrons. The fraction of sp³-hybridized carbons (Fsp3) is 0.500. The Morgan fingerprint density at radius 1 is 1.35 bits per heavy atom. The lowest BCUT2D eigenvalue weighted by molar-refractivity contribution is 0.0694. The quantitative estimate of drug-likeness (QED) is 0.872. The molecule has 0 amide bonds. The summed E-state index contributed by atoms with van der Waals surface area (Å²) in [6.45, 7) is 2.20. The van der Waals surface area contributed by atoms with Gasteiger partial charge in [0.25, 0.3) is 0 Å². The van der Waals surface area contributed by atoms with Crippen molar-refractivity contribution in [3.05, 3.63) is 29.8 Å². The molecule has 1 N–H and O–H groups in total. The maximum absolute atomic E-state index is 10.9. The molecular weight excluding hydrogens is 216 g/mol. The maximum atomic E-state index is 10.9. The second-order valence-corrected chi connectivity index (χ2v) is 4.75. The summed E-state index contributed by atoms with van der Waals surface area (Å²) in [5, 5.41) is 8.91. The highest BCUT2D eigenvalue weighted by Crippen LogP contribution is 2.28. The highest BCUT2D eigenvalue weighted by atomic mass is 16.5. The van der Waals surface area contributed by atoms with E-state index in [0.29, 0.717) is 11.7 Å². The van der Waals surface area contributed by atoms with Gasteiger partial charge in [0.1, 0.15) is 11.9 Å². The molecular formula is C14H18O3. The Bertz CT molecular complexity index is 400. The largest absolute Gasteiger partial charge is 0.490 e. The van der Waals surface area contributed by atoms with Crippen LogP contribution in [0.5, 0.6) is 5.75 Å². The van der Waals surface area contributed by atoms with E-state index in [1.807, 2.05) is 6.07 Å². The molecule has 1 aliphatic rings. The lowest BCUT2D eigenvalue weighted by Gasteiger charge is -2.29. The summed E-state index contributed by atoms with van der Waals surface area (Å²) in [5.41, 5.74) is 0.283. The van der Waals surface area contributed by atoms with Crippen molar-refractivity contribution in [2.45, 2.75) is 38.7 Å². The zero-order valence-corrected chi connectivity index (χ0v) is 10.1. The van der Waals surface area contributed by atoms with Crippen LogP contribution in [-0.2, 0) is 0 Å². The third kappa shape index (κ3) is 2.99. The number of carboxylic acid groups (broad SMARTS) is 1. The van der Waals surface area contributed by atoms with Crippen LogP contribution in [0.25, 0.3) is 0 Å². The molecule has 0 aliphatic heterocycles. The Hall–Kier alpha value is -1.51. The SMILES string of the molecule is CC1CCCCC1Oc1cccc(C(=O)O)c1. The van der Waals surface area contributed by atoms with Gasteiger partial charge in [0.15, 0.2) is 0 Å². The summed E-state index contributed by atoms with van der Waals surface area (Å²) in [6.07, 6.45) is 4.97. The van der Waals surface area contributed by atoms with Crippen LogP contribution in [0.15, 0.2) is 24.3 Å². The number of carbonyl (C=O) groups is 1. The van der Waals surface area contributed by atoms with Crippen molar-refractivity contribution in [3.8, 4) is 5.75 Å². The zero-order valence-electron chi connectivity index (χ0n) is 10.1. The van der Waals surface area contributed by atoms with Crippen LogP contribution < -0.4 is 4.74 Å². The lowest BCUT2D eigenvalue weighted by Crippen LogP contribution is -2.28. The molecule has 1 fully saturated rings. The number of ether oxygens (including phenoxy) is 1. The van der Waals surface area contributed by atoms with E-state index in [0.717, 1.165) is 6.42 Å². The number of hydrogen-bond acceptors (Lipinski definition) is 2. The van der Waals surface area contributed by atoms with Crippen LogP contribution in [0.4, 0.5) is 0 Å². The molecule has 1 aromatic rings. The van der Waals surface area contributed by atoms with Gasteiger partial charge in [0.05, 0.1) is 5.56 Å². The van der Waals surface area contributed by atoms with E-state index in [4.69, 9.17) is 9.84 Å². The number of carboxylic acids is 1. The molecule has 0 heterocycles. The molecule has 2 rings (SSSR count). The molecule has 1 aromatic carbocycles. The van der Waals surface area contributed by atoms with Crippen LogP contribution in [0.2, 0.25) is 0 Å². The van der Waals surface area contributed by atoms with E-state index in [9.17, 15) is 4.79 Å². The molecule has 2 atom stereocenters. The molecule has 3 heteroatoms. The Labute approximate surface area is 101 Å². The third-order valence-corrected chi connectivity index (χ3v) is 3.40. The van der Waals surface area contributed by atoms with Crippen LogP contribution in [0.1, 0.15) is 43.0 Å². The Morgan fingerprint density at radius 3 is 2.82 bits per heavy atom. The average Bonchev–Trinajstić information content (AvgIpc) is 2.32. The van der Waals surface area contributed by atoms with E-state index in [2.05, 4.69) is 6.92 Å². The van der Waals surface area contributed by atoms with Crippen molar-refractivity contribution in [1.82, 2.24) is 0 Å². The van der Waals surface area contributed by atoms with Gasteiger partial charge in [-0.25, -0.2) is 4.79 Å². The highest BCUT2D eigenvalue weighted by molar-refractivity contribution is 5.87. The summed E-state index contributed by atoms with van der Waals surface area (Å²) in [5.74, 6) is 0.313. The van der Waals surface area contributed by atoms with Crippen LogP contribution in [0.3, 0.4) is 0 Å². The number of benzene rings is 1. The summed E-state index contributed by atoms with van der Waals surface area (Å²) in [7, 11) is 0. The molecule has 0 aromatic heterocycles. The minimum atomic E-state index is -0.910. The first-order valence-electron chi connectivity index (χ1n) is 6.17. The molecule has 17 heavy (non-hydrogen) atoms. The predicted molar refractivity (Wildman–Crippen MR) is 65.4 cm³/mol. The van der Waals surface area contributed by atoms with Crippen LogP contribution in [0, 0.1) is 5.92 Å². The van der Waals surface area contributed by atoms with Gasteiger partial charge in [-0.3, -0.25) is 0 Å². The molecule has 0 bridgehead atoms. The van der Waals surface area contributed by atoms with Crippen molar-refractivity contribution in [2.75, 3.05) is 0 Å². The Morgan fingerprint density at radius 2 is 2.12 bits per heavy atom. The summed E-state index contributed by atoms with van der Waals surface area (Å²) < 4.78 is 5.90. The van der Waals surface area contributed by atoms with Crippen molar-refractivity contribution in [2.24, 2.45) is 5.92 Å². The van der Waals surface area contributed by atoms with Gasteiger partial charge in [0.2, 0.25) is 0 Å².